The highest BCUT2D eigenvalue weighted by Crippen LogP contribution is 2.55. The van der Waals surface area contributed by atoms with Gasteiger partial charge in [-0.05, 0) is 31.0 Å². The summed E-state index contributed by atoms with van der Waals surface area (Å²) in [6.45, 7) is 4.03. The largest absolute Gasteiger partial charge is 0.457 e. The first-order chi connectivity index (χ1) is 19.0. The number of fused-ring (bicyclic) bond motifs is 1. The van der Waals surface area contributed by atoms with Gasteiger partial charge in [0.1, 0.15) is 23.0 Å². The number of imidazole rings is 1. The van der Waals surface area contributed by atoms with Crippen LogP contribution in [0.25, 0.3) is 11.0 Å². The molecule has 0 radical (unpaired) electrons. The summed E-state index contributed by atoms with van der Waals surface area (Å²) < 4.78 is 48.5. The van der Waals surface area contributed by atoms with E-state index in [0.717, 1.165) is 10.7 Å². The van der Waals surface area contributed by atoms with Crippen LogP contribution in [0.2, 0.25) is 0 Å². The number of halogens is 3. The number of rotatable bonds is 6. The van der Waals surface area contributed by atoms with Gasteiger partial charge in [-0.15, -0.1) is 0 Å². The summed E-state index contributed by atoms with van der Waals surface area (Å²) in [5.74, 6) is 1.24. The van der Waals surface area contributed by atoms with Crippen molar-refractivity contribution in [3.05, 3.63) is 48.3 Å². The average Bonchev–Trinajstić information content (AvgIpc) is 3.40. The molecule has 4 heterocycles. The minimum atomic E-state index is -4.58. The number of carbonyl (C=O) groups is 2. The van der Waals surface area contributed by atoms with Crippen LogP contribution in [0.4, 0.5) is 30.8 Å². The first-order valence-corrected chi connectivity index (χ1v) is 12.6. The van der Waals surface area contributed by atoms with E-state index in [1.165, 1.54) is 20.0 Å². The molecule has 40 heavy (non-hydrogen) atoms. The Morgan fingerprint density at radius 3 is 2.52 bits per heavy atom. The fraction of sp³-hybridized carbons (Fsp3) is 0.346. The van der Waals surface area contributed by atoms with Gasteiger partial charge in [0.25, 0.3) is 0 Å². The molecule has 1 aliphatic carbocycles. The molecule has 1 aliphatic heterocycles. The van der Waals surface area contributed by atoms with Gasteiger partial charge in [0.2, 0.25) is 17.8 Å². The fourth-order valence-corrected chi connectivity index (χ4v) is 5.39. The number of ether oxygens (including phenoxy) is 1. The second-order valence-electron chi connectivity index (χ2n) is 10.3. The Morgan fingerprint density at radius 2 is 1.82 bits per heavy atom. The molecule has 0 bridgehead atoms. The standard InChI is InChI=1S/C26H25F3N8O3/c1-14(38)31-22-8-18(5-6-30-22)40-17-3-4-19-20(7-17)33-24(32-19)34-23-9-21(26(27,28)29)37(35-23)16-10-25(11-16)12-36(13-25)15(2)39/h3-9,16H,10-13H2,1-2H3,(H,30,31,38)(H2,32,33,34,35). The molecule has 1 spiro atoms. The maximum absolute atomic E-state index is 13.9. The minimum absolute atomic E-state index is 0.0186. The molecule has 3 aromatic heterocycles. The zero-order valence-corrected chi connectivity index (χ0v) is 21.5. The molecule has 0 atom stereocenters. The number of aromatic amines is 1. The Labute approximate surface area is 225 Å². The van der Waals surface area contributed by atoms with Crippen molar-refractivity contribution in [1.82, 2.24) is 29.6 Å². The quantitative estimate of drug-likeness (QED) is 0.311. The highest BCUT2D eigenvalue weighted by molar-refractivity contribution is 5.87. The van der Waals surface area contributed by atoms with Crippen LogP contribution in [0, 0.1) is 5.41 Å². The first kappa shape index (κ1) is 25.6. The van der Waals surface area contributed by atoms with E-state index in [1.807, 2.05) is 0 Å². The summed E-state index contributed by atoms with van der Waals surface area (Å²) in [6.07, 6.45) is -1.99. The topological polar surface area (TPSA) is 130 Å². The zero-order chi connectivity index (χ0) is 28.2. The third kappa shape index (κ3) is 4.92. The number of amides is 2. The van der Waals surface area contributed by atoms with Crippen LogP contribution >= 0.6 is 0 Å². The molecule has 14 heteroatoms. The number of alkyl halides is 3. The van der Waals surface area contributed by atoms with E-state index in [9.17, 15) is 22.8 Å². The van der Waals surface area contributed by atoms with Crippen molar-refractivity contribution in [1.29, 1.82) is 0 Å². The fourth-order valence-electron chi connectivity index (χ4n) is 5.39. The first-order valence-electron chi connectivity index (χ1n) is 12.6. The van der Waals surface area contributed by atoms with Crippen LogP contribution in [0.3, 0.4) is 0 Å². The van der Waals surface area contributed by atoms with Crippen molar-refractivity contribution in [2.45, 2.75) is 38.9 Å². The Bertz CT molecular complexity index is 1610. The van der Waals surface area contributed by atoms with Gasteiger partial charge in [0, 0.05) is 56.7 Å². The summed E-state index contributed by atoms with van der Waals surface area (Å²) in [6, 6.07) is 8.90. The lowest BCUT2D eigenvalue weighted by molar-refractivity contribution is -0.158. The van der Waals surface area contributed by atoms with Gasteiger partial charge in [0.05, 0.1) is 17.1 Å². The third-order valence-electron chi connectivity index (χ3n) is 7.18. The van der Waals surface area contributed by atoms with Crippen molar-refractivity contribution < 1.29 is 27.5 Å². The number of nitrogens with one attached hydrogen (secondary N) is 3. The summed E-state index contributed by atoms with van der Waals surface area (Å²) in [5.41, 5.74) is 0.215. The van der Waals surface area contributed by atoms with Crippen LogP contribution in [0.5, 0.6) is 11.5 Å². The molecule has 1 saturated carbocycles. The monoisotopic (exact) mass is 554 g/mol. The summed E-state index contributed by atoms with van der Waals surface area (Å²) in [5, 5.41) is 9.67. The van der Waals surface area contributed by atoms with Crippen LogP contribution in [0.15, 0.2) is 42.6 Å². The smallest absolute Gasteiger partial charge is 0.433 e. The number of likely N-dealkylation sites (tertiary alicyclic amines) is 1. The Morgan fingerprint density at radius 1 is 1.07 bits per heavy atom. The number of anilines is 3. The van der Waals surface area contributed by atoms with Gasteiger partial charge in [-0.2, -0.15) is 18.3 Å². The molecule has 2 aliphatic rings. The van der Waals surface area contributed by atoms with Gasteiger partial charge in [-0.25, -0.2) is 9.97 Å². The molecule has 4 aromatic rings. The summed E-state index contributed by atoms with van der Waals surface area (Å²) >= 11 is 0. The van der Waals surface area contributed by atoms with Crippen LogP contribution in [0.1, 0.15) is 38.4 Å². The lowest BCUT2D eigenvalue weighted by Crippen LogP contribution is -2.63. The van der Waals surface area contributed by atoms with Crippen LogP contribution in [-0.4, -0.2) is 54.5 Å². The Hall–Kier alpha value is -4.62. The maximum atomic E-state index is 13.9. The molecule has 2 amide bonds. The summed E-state index contributed by atoms with van der Waals surface area (Å²) in [4.78, 5) is 36.0. The lowest BCUT2D eigenvalue weighted by atomic mass is 9.60. The van der Waals surface area contributed by atoms with Crippen molar-refractivity contribution in [2.75, 3.05) is 23.7 Å². The molecule has 2 fully saturated rings. The van der Waals surface area contributed by atoms with Crippen molar-refractivity contribution >= 4 is 40.4 Å². The number of benzene rings is 1. The average molecular weight is 555 g/mol. The molecule has 1 aromatic carbocycles. The second-order valence-corrected chi connectivity index (χ2v) is 10.3. The van der Waals surface area contributed by atoms with Gasteiger partial charge < -0.3 is 25.3 Å². The molecule has 208 valence electrons. The molecule has 1 saturated heterocycles. The lowest BCUT2D eigenvalue weighted by Gasteiger charge is -2.58. The van der Waals surface area contributed by atoms with E-state index < -0.39 is 17.9 Å². The number of hydrogen-bond donors (Lipinski definition) is 3. The van der Waals surface area contributed by atoms with E-state index in [0.29, 0.717) is 54.3 Å². The predicted molar refractivity (Wildman–Crippen MR) is 138 cm³/mol. The Balaban J connectivity index is 1.17. The number of hydrogen-bond acceptors (Lipinski definition) is 7. The van der Waals surface area contributed by atoms with Crippen molar-refractivity contribution in [3.8, 4) is 11.5 Å². The van der Waals surface area contributed by atoms with Crippen molar-refractivity contribution in [2.24, 2.45) is 5.41 Å². The van der Waals surface area contributed by atoms with E-state index in [-0.39, 0.29) is 29.0 Å². The Kier molecular flexibility index (Phi) is 5.93. The van der Waals surface area contributed by atoms with Crippen LogP contribution in [-0.2, 0) is 15.8 Å². The van der Waals surface area contributed by atoms with Crippen LogP contribution < -0.4 is 15.4 Å². The second kappa shape index (κ2) is 9.24. The maximum Gasteiger partial charge on any atom is 0.433 e. The molecular weight excluding hydrogens is 529 g/mol. The van der Waals surface area contributed by atoms with Gasteiger partial charge in [0.15, 0.2) is 5.82 Å². The highest BCUT2D eigenvalue weighted by atomic mass is 19.4. The molecule has 11 nitrogen and oxygen atoms in total. The number of nitrogens with zero attached hydrogens (tertiary/aromatic N) is 5. The molecule has 6 rings (SSSR count). The minimum Gasteiger partial charge on any atom is -0.457 e. The van der Waals surface area contributed by atoms with E-state index in [4.69, 9.17) is 4.74 Å². The number of aromatic nitrogens is 5. The van der Waals surface area contributed by atoms with E-state index in [1.54, 1.807) is 35.2 Å². The predicted octanol–water partition coefficient (Wildman–Crippen LogP) is 4.85. The van der Waals surface area contributed by atoms with Gasteiger partial charge >= 0.3 is 6.18 Å². The van der Waals surface area contributed by atoms with Crippen molar-refractivity contribution in [3.63, 3.8) is 0 Å². The molecular formula is C26H25F3N8O3. The normalized spacial score (nSPS) is 16.5. The SMILES string of the molecule is CC(=O)Nc1cc(Oc2ccc3nc(Nc4cc(C(F)(F)F)n(C5CC6(C5)CN(C(C)=O)C6)n4)[nH]c3c2)ccn1. The summed E-state index contributed by atoms with van der Waals surface area (Å²) in [7, 11) is 0. The zero-order valence-electron chi connectivity index (χ0n) is 21.5. The van der Waals surface area contributed by atoms with E-state index >= 15 is 0 Å². The number of pyridine rings is 1. The van der Waals surface area contributed by atoms with Gasteiger partial charge in [-0.3, -0.25) is 14.3 Å². The number of H-pyrrole nitrogens is 1. The molecule has 0 unspecified atom stereocenters. The third-order valence-corrected chi connectivity index (χ3v) is 7.18. The van der Waals surface area contributed by atoms with E-state index in [2.05, 4.69) is 30.7 Å². The number of carbonyl (C=O) groups excluding carboxylic acids is 2. The highest BCUT2D eigenvalue weighted by Gasteiger charge is 2.55. The molecule has 3 N–H and O–H groups in total. The van der Waals surface area contributed by atoms with Gasteiger partial charge in [-0.1, -0.05) is 0 Å².